The molecule has 2 aliphatic rings. The average molecular weight is 377 g/mol. The van der Waals surface area contributed by atoms with E-state index in [-0.39, 0.29) is 17.2 Å². The molecule has 0 aromatic heterocycles. The first-order valence-corrected chi connectivity index (χ1v) is 10.1. The minimum atomic E-state index is -0.185. The van der Waals surface area contributed by atoms with Crippen molar-refractivity contribution >= 4 is 11.8 Å². The second-order valence-electron chi connectivity index (χ2n) is 7.79. The molecular weight excluding hydrogens is 350 g/mol. The second-order valence-corrected chi connectivity index (χ2v) is 7.79. The van der Waals surface area contributed by atoms with Gasteiger partial charge in [-0.05, 0) is 24.0 Å². The Morgan fingerprint density at radius 2 is 1.61 bits per heavy atom. The van der Waals surface area contributed by atoms with E-state index in [0.29, 0.717) is 26.2 Å². The van der Waals surface area contributed by atoms with Crippen LogP contribution in [0, 0.1) is 0 Å². The van der Waals surface area contributed by atoms with Crippen molar-refractivity contribution in [3.05, 3.63) is 71.8 Å². The molecular formula is C23H27N3O2. The zero-order valence-electron chi connectivity index (χ0n) is 16.1. The number of benzene rings is 2. The van der Waals surface area contributed by atoms with E-state index >= 15 is 0 Å². The van der Waals surface area contributed by atoms with Crippen molar-refractivity contribution in [2.75, 3.05) is 39.3 Å². The summed E-state index contributed by atoms with van der Waals surface area (Å²) in [5.74, 6) is 0.117. The largest absolute Gasteiger partial charge is 0.354 e. The summed E-state index contributed by atoms with van der Waals surface area (Å²) in [5, 5.41) is 2.82. The SMILES string of the molecule is O=C1CN(CC(=O)N2CCCC(c3ccccc3)(c3ccccc3)C2)CCN1. The number of hydrogen-bond donors (Lipinski definition) is 1. The molecule has 2 aromatic rings. The predicted octanol–water partition coefficient (Wildman–Crippen LogP) is 2.03. The Labute approximate surface area is 166 Å². The Kier molecular flexibility index (Phi) is 5.44. The van der Waals surface area contributed by atoms with Crippen LogP contribution >= 0.6 is 0 Å². The maximum absolute atomic E-state index is 13.1. The normalized spacial score (nSPS) is 19.9. The van der Waals surface area contributed by atoms with Crippen LogP contribution in [0.3, 0.4) is 0 Å². The molecule has 2 fully saturated rings. The van der Waals surface area contributed by atoms with Crippen molar-refractivity contribution in [3.8, 4) is 0 Å². The lowest BCUT2D eigenvalue weighted by Crippen LogP contribution is -2.54. The number of carbonyl (C=O) groups excluding carboxylic acids is 2. The summed E-state index contributed by atoms with van der Waals surface area (Å²) >= 11 is 0. The van der Waals surface area contributed by atoms with Gasteiger partial charge in [0, 0.05) is 31.6 Å². The molecule has 4 rings (SSSR count). The first kappa shape index (κ1) is 18.7. The number of nitrogens with one attached hydrogen (secondary N) is 1. The van der Waals surface area contributed by atoms with Gasteiger partial charge in [0.2, 0.25) is 11.8 Å². The number of piperazine rings is 1. The van der Waals surface area contributed by atoms with Gasteiger partial charge in [-0.25, -0.2) is 0 Å². The molecule has 2 amide bonds. The lowest BCUT2D eigenvalue weighted by atomic mass is 9.69. The third kappa shape index (κ3) is 3.80. The van der Waals surface area contributed by atoms with Crippen molar-refractivity contribution in [1.82, 2.24) is 15.1 Å². The summed E-state index contributed by atoms with van der Waals surface area (Å²) in [4.78, 5) is 28.6. The smallest absolute Gasteiger partial charge is 0.236 e. The van der Waals surface area contributed by atoms with Gasteiger partial charge in [-0.15, -0.1) is 0 Å². The van der Waals surface area contributed by atoms with Crippen LogP contribution in [-0.2, 0) is 15.0 Å². The topological polar surface area (TPSA) is 52.7 Å². The standard InChI is InChI=1S/C23H27N3O2/c27-21-16-25(15-13-24-21)17-22(28)26-14-7-12-23(18-26,19-8-3-1-4-9-19)20-10-5-2-6-11-20/h1-6,8-11H,7,12-18H2,(H,24,27). The van der Waals surface area contributed by atoms with Gasteiger partial charge in [-0.3, -0.25) is 14.5 Å². The van der Waals surface area contributed by atoms with Crippen LogP contribution in [0.2, 0.25) is 0 Å². The first-order chi connectivity index (χ1) is 13.7. The molecule has 5 nitrogen and oxygen atoms in total. The Morgan fingerprint density at radius 3 is 2.21 bits per heavy atom. The summed E-state index contributed by atoms with van der Waals surface area (Å²) in [6, 6.07) is 21.1. The highest BCUT2D eigenvalue weighted by Crippen LogP contribution is 2.40. The van der Waals surface area contributed by atoms with E-state index in [9.17, 15) is 9.59 Å². The molecule has 0 saturated carbocycles. The molecule has 2 heterocycles. The van der Waals surface area contributed by atoms with E-state index in [1.54, 1.807) is 0 Å². The Balaban J connectivity index is 1.58. The van der Waals surface area contributed by atoms with Crippen LogP contribution in [0.4, 0.5) is 0 Å². The molecule has 0 aliphatic carbocycles. The molecule has 2 saturated heterocycles. The van der Waals surface area contributed by atoms with Crippen LogP contribution in [0.25, 0.3) is 0 Å². The molecule has 1 N–H and O–H groups in total. The van der Waals surface area contributed by atoms with Crippen molar-refractivity contribution < 1.29 is 9.59 Å². The lowest BCUT2D eigenvalue weighted by molar-refractivity contribution is -0.135. The molecule has 0 radical (unpaired) electrons. The molecule has 0 spiro atoms. The molecule has 28 heavy (non-hydrogen) atoms. The fourth-order valence-electron chi connectivity index (χ4n) is 4.54. The van der Waals surface area contributed by atoms with Crippen molar-refractivity contribution in [2.24, 2.45) is 0 Å². The fraction of sp³-hybridized carbons (Fsp3) is 0.391. The van der Waals surface area contributed by atoms with E-state index in [4.69, 9.17) is 0 Å². The number of piperidine rings is 1. The molecule has 2 aromatic carbocycles. The van der Waals surface area contributed by atoms with Gasteiger partial charge in [0.05, 0.1) is 13.1 Å². The number of carbonyl (C=O) groups is 2. The summed E-state index contributed by atoms with van der Waals surface area (Å²) in [5.41, 5.74) is 2.34. The lowest BCUT2D eigenvalue weighted by Gasteiger charge is -2.44. The summed E-state index contributed by atoms with van der Waals surface area (Å²) in [7, 11) is 0. The number of nitrogens with zero attached hydrogens (tertiary/aromatic N) is 2. The molecule has 0 atom stereocenters. The quantitative estimate of drug-likeness (QED) is 0.887. The van der Waals surface area contributed by atoms with Crippen molar-refractivity contribution in [3.63, 3.8) is 0 Å². The molecule has 2 aliphatic heterocycles. The van der Waals surface area contributed by atoms with Crippen LogP contribution in [0.5, 0.6) is 0 Å². The maximum Gasteiger partial charge on any atom is 0.236 e. The Bertz CT molecular complexity index is 783. The predicted molar refractivity (Wildman–Crippen MR) is 109 cm³/mol. The highest BCUT2D eigenvalue weighted by atomic mass is 16.2. The molecule has 5 heteroatoms. The van der Waals surface area contributed by atoms with Gasteiger partial charge in [0.15, 0.2) is 0 Å². The molecule has 146 valence electrons. The Hall–Kier alpha value is -2.66. The number of rotatable bonds is 4. The Morgan fingerprint density at radius 1 is 0.964 bits per heavy atom. The van der Waals surface area contributed by atoms with E-state index < -0.39 is 0 Å². The maximum atomic E-state index is 13.1. The monoisotopic (exact) mass is 377 g/mol. The highest BCUT2D eigenvalue weighted by Gasteiger charge is 2.40. The third-order valence-electron chi connectivity index (χ3n) is 5.97. The number of amides is 2. The van der Waals surface area contributed by atoms with Crippen LogP contribution in [0.1, 0.15) is 24.0 Å². The van der Waals surface area contributed by atoms with Crippen LogP contribution < -0.4 is 5.32 Å². The third-order valence-corrected chi connectivity index (χ3v) is 5.97. The van der Waals surface area contributed by atoms with Gasteiger partial charge in [-0.2, -0.15) is 0 Å². The van der Waals surface area contributed by atoms with E-state index in [1.165, 1.54) is 11.1 Å². The van der Waals surface area contributed by atoms with E-state index in [0.717, 1.165) is 25.9 Å². The fourth-order valence-corrected chi connectivity index (χ4v) is 4.54. The molecule has 0 unspecified atom stereocenters. The summed E-state index contributed by atoms with van der Waals surface area (Å²) in [6.45, 7) is 3.42. The summed E-state index contributed by atoms with van der Waals surface area (Å²) in [6.07, 6.45) is 1.99. The minimum Gasteiger partial charge on any atom is -0.354 e. The van der Waals surface area contributed by atoms with Crippen LogP contribution in [-0.4, -0.2) is 60.9 Å². The van der Waals surface area contributed by atoms with Gasteiger partial charge >= 0.3 is 0 Å². The van der Waals surface area contributed by atoms with E-state index in [1.807, 2.05) is 21.9 Å². The first-order valence-electron chi connectivity index (χ1n) is 10.1. The average Bonchev–Trinajstić information content (AvgIpc) is 2.75. The second kappa shape index (κ2) is 8.15. The molecule has 0 bridgehead atoms. The van der Waals surface area contributed by atoms with Crippen molar-refractivity contribution in [1.29, 1.82) is 0 Å². The van der Waals surface area contributed by atoms with Crippen LogP contribution in [0.15, 0.2) is 60.7 Å². The van der Waals surface area contributed by atoms with E-state index in [2.05, 4.69) is 53.8 Å². The summed E-state index contributed by atoms with van der Waals surface area (Å²) < 4.78 is 0. The number of likely N-dealkylation sites (tertiary alicyclic amines) is 1. The number of hydrogen-bond acceptors (Lipinski definition) is 3. The van der Waals surface area contributed by atoms with Gasteiger partial charge in [0.25, 0.3) is 0 Å². The van der Waals surface area contributed by atoms with Gasteiger partial charge in [0.1, 0.15) is 0 Å². The minimum absolute atomic E-state index is 0.000567. The highest BCUT2D eigenvalue weighted by molar-refractivity contribution is 5.82. The zero-order chi connectivity index (χ0) is 19.4. The van der Waals surface area contributed by atoms with Gasteiger partial charge < -0.3 is 10.2 Å². The van der Waals surface area contributed by atoms with Gasteiger partial charge in [-0.1, -0.05) is 60.7 Å². The van der Waals surface area contributed by atoms with Crippen molar-refractivity contribution in [2.45, 2.75) is 18.3 Å². The zero-order valence-corrected chi connectivity index (χ0v) is 16.1.